The lowest BCUT2D eigenvalue weighted by Gasteiger charge is -2.31. The van der Waals surface area contributed by atoms with Crippen LogP contribution < -0.4 is 0 Å². The number of amides is 1. The zero-order valence-corrected chi connectivity index (χ0v) is 16.0. The number of hydrogen-bond acceptors (Lipinski definition) is 5. The van der Waals surface area contributed by atoms with Crippen LogP contribution in [0.3, 0.4) is 0 Å². The van der Waals surface area contributed by atoms with E-state index in [9.17, 15) is 18.3 Å². The first-order valence-corrected chi connectivity index (χ1v) is 9.14. The van der Waals surface area contributed by atoms with E-state index < -0.39 is 28.3 Å². The number of hydrogen-bond donors (Lipinski definition) is 1. The van der Waals surface area contributed by atoms with E-state index in [0.29, 0.717) is 0 Å². The predicted octanol–water partition coefficient (Wildman–Crippen LogP) is 2.62. The van der Waals surface area contributed by atoms with E-state index >= 15 is 0 Å². The van der Waals surface area contributed by atoms with Crippen molar-refractivity contribution in [2.45, 2.75) is 44.8 Å². The maximum atomic E-state index is 12.8. The molecule has 1 amide bonds. The fraction of sp³-hybridized carbons (Fsp3) is 0.533. The summed E-state index contributed by atoms with van der Waals surface area (Å²) in [7, 11) is -2.69. The first kappa shape index (κ1) is 20.7. The maximum absolute atomic E-state index is 12.8. The highest BCUT2D eigenvalue weighted by Gasteiger charge is 2.32. The van der Waals surface area contributed by atoms with Crippen LogP contribution in [0, 0.1) is 0 Å². The Morgan fingerprint density at radius 2 is 1.92 bits per heavy atom. The van der Waals surface area contributed by atoms with Gasteiger partial charge >= 0.3 is 6.09 Å². The summed E-state index contributed by atoms with van der Waals surface area (Å²) < 4.78 is 31.7. The molecule has 1 N–H and O–H groups in total. The fourth-order valence-corrected chi connectivity index (χ4v) is 3.60. The summed E-state index contributed by atoms with van der Waals surface area (Å²) >= 11 is 5.89. The third-order valence-electron chi connectivity index (χ3n) is 3.03. The highest BCUT2D eigenvalue weighted by atomic mass is 35.5. The molecule has 0 radical (unpaired) electrons. The Hall–Kier alpha value is -1.35. The topological polar surface area (TPSA) is 87.2 Å². The molecule has 0 aromatic heterocycles. The third kappa shape index (κ3) is 4.83. The van der Waals surface area contributed by atoms with E-state index in [1.165, 1.54) is 25.2 Å². The Kier molecular flexibility index (Phi) is 6.63. The van der Waals surface area contributed by atoms with Crippen LogP contribution >= 0.6 is 11.6 Å². The molecule has 24 heavy (non-hydrogen) atoms. The molecular formula is C15H23ClN2O5S. The molecule has 0 unspecified atom stereocenters. The summed E-state index contributed by atoms with van der Waals surface area (Å²) in [6, 6.07) is 3.99. The highest BCUT2D eigenvalue weighted by Crippen LogP contribution is 2.24. The monoisotopic (exact) mass is 378 g/mol. The van der Waals surface area contributed by atoms with Gasteiger partial charge in [0.2, 0.25) is 0 Å². The number of aliphatic hydroxyl groups is 1. The van der Waals surface area contributed by atoms with Crippen molar-refractivity contribution in [2.75, 3.05) is 13.6 Å². The second-order valence-electron chi connectivity index (χ2n) is 6.06. The van der Waals surface area contributed by atoms with Crippen molar-refractivity contribution in [1.82, 2.24) is 9.42 Å². The minimum absolute atomic E-state index is 0.0230. The molecule has 0 atom stereocenters. The quantitative estimate of drug-likeness (QED) is 0.796. The number of carbonyl (C=O) groups is 1. The summed E-state index contributed by atoms with van der Waals surface area (Å²) in [4.78, 5) is 12.1. The molecule has 1 aromatic rings. The van der Waals surface area contributed by atoms with E-state index in [0.717, 1.165) is 9.42 Å². The number of ether oxygens (including phenoxy) is 1. The second-order valence-corrected chi connectivity index (χ2v) is 8.31. The minimum Gasteiger partial charge on any atom is -0.443 e. The molecule has 0 aliphatic rings. The number of halogens is 1. The van der Waals surface area contributed by atoms with Gasteiger partial charge in [-0.15, -0.1) is 4.41 Å². The lowest BCUT2D eigenvalue weighted by molar-refractivity contribution is -0.00386. The molecule has 136 valence electrons. The number of hydrazine groups is 1. The van der Waals surface area contributed by atoms with Crippen LogP contribution in [0.5, 0.6) is 0 Å². The molecule has 1 aromatic carbocycles. The Morgan fingerprint density at radius 1 is 1.33 bits per heavy atom. The van der Waals surface area contributed by atoms with Gasteiger partial charge in [-0.2, -0.15) is 0 Å². The fourth-order valence-electron chi connectivity index (χ4n) is 1.92. The van der Waals surface area contributed by atoms with Crippen molar-refractivity contribution in [3.63, 3.8) is 0 Å². The molecule has 0 saturated carbocycles. The van der Waals surface area contributed by atoms with Crippen molar-refractivity contribution in [3.05, 3.63) is 28.8 Å². The zero-order chi connectivity index (χ0) is 18.7. The molecule has 0 bridgehead atoms. The second kappa shape index (κ2) is 7.69. The molecule has 1 rings (SSSR count). The molecule has 0 aliphatic carbocycles. The lowest BCUT2D eigenvalue weighted by Crippen LogP contribution is -2.48. The van der Waals surface area contributed by atoms with Crippen molar-refractivity contribution >= 4 is 27.7 Å². The average Bonchev–Trinajstić information content (AvgIpc) is 2.46. The van der Waals surface area contributed by atoms with Gasteiger partial charge in [0.05, 0.1) is 11.5 Å². The van der Waals surface area contributed by atoms with Gasteiger partial charge in [-0.3, -0.25) is 0 Å². The Balaban J connectivity index is 3.20. The number of sulfonamides is 1. The molecule has 9 heteroatoms. The van der Waals surface area contributed by atoms with Gasteiger partial charge in [-0.25, -0.2) is 18.2 Å². The molecule has 7 nitrogen and oxygen atoms in total. The minimum atomic E-state index is -4.01. The standard InChI is InChI=1S/C15H23ClN2O5S/c1-6-18(17(5)14(20)23-15(2,3)4)24(21,22)12-7-8-13(16)11(9-12)10-19/h7-9,19H,6,10H2,1-5H3. The Morgan fingerprint density at radius 3 is 2.38 bits per heavy atom. The first-order chi connectivity index (χ1) is 10.9. The van der Waals surface area contributed by atoms with Crippen molar-refractivity contribution < 1.29 is 23.1 Å². The van der Waals surface area contributed by atoms with Crippen molar-refractivity contribution in [3.8, 4) is 0 Å². The van der Waals surface area contributed by atoms with Gasteiger partial charge < -0.3 is 9.84 Å². The Labute approximate surface area is 147 Å². The van der Waals surface area contributed by atoms with E-state index in [2.05, 4.69) is 0 Å². The van der Waals surface area contributed by atoms with Crippen LogP contribution in [-0.2, 0) is 21.4 Å². The zero-order valence-electron chi connectivity index (χ0n) is 14.4. The number of benzene rings is 1. The SMILES string of the molecule is CCN(N(C)C(=O)OC(C)(C)C)S(=O)(=O)c1ccc(Cl)c(CO)c1. The number of rotatable bonds is 5. The van der Waals surface area contributed by atoms with Crippen LogP contribution in [0.1, 0.15) is 33.3 Å². The predicted molar refractivity (Wildman–Crippen MR) is 90.9 cm³/mol. The van der Waals surface area contributed by atoms with Gasteiger partial charge in [0.15, 0.2) is 0 Å². The van der Waals surface area contributed by atoms with Crippen LogP contribution in [0.25, 0.3) is 0 Å². The van der Waals surface area contributed by atoms with Gasteiger partial charge in [-0.05, 0) is 51.5 Å². The highest BCUT2D eigenvalue weighted by molar-refractivity contribution is 7.89. The summed E-state index contributed by atoms with van der Waals surface area (Å²) in [5.41, 5.74) is -0.465. The normalized spacial score (nSPS) is 12.3. The van der Waals surface area contributed by atoms with Crippen molar-refractivity contribution in [2.24, 2.45) is 0 Å². The summed E-state index contributed by atoms with van der Waals surface area (Å²) in [5.74, 6) is 0. The van der Waals surface area contributed by atoms with Crippen LogP contribution in [0.15, 0.2) is 23.1 Å². The van der Waals surface area contributed by atoms with E-state index in [4.69, 9.17) is 16.3 Å². The number of aliphatic hydroxyl groups excluding tert-OH is 1. The first-order valence-electron chi connectivity index (χ1n) is 7.32. The van der Waals surface area contributed by atoms with E-state index in [1.807, 2.05) is 0 Å². The number of carbonyl (C=O) groups excluding carboxylic acids is 1. The van der Waals surface area contributed by atoms with Gasteiger partial charge in [-0.1, -0.05) is 11.6 Å². The van der Waals surface area contributed by atoms with E-state index in [1.54, 1.807) is 27.7 Å². The molecule has 0 aliphatic heterocycles. The Bertz CT molecular complexity index is 700. The summed E-state index contributed by atoms with van der Waals surface area (Å²) in [6.45, 7) is 6.30. The molecule has 0 spiro atoms. The molecule has 0 heterocycles. The van der Waals surface area contributed by atoms with Gasteiger partial charge in [0.1, 0.15) is 5.60 Å². The van der Waals surface area contributed by atoms with E-state index in [-0.39, 0.29) is 22.0 Å². The largest absolute Gasteiger partial charge is 0.443 e. The van der Waals surface area contributed by atoms with Crippen LogP contribution in [-0.4, -0.2) is 48.2 Å². The summed E-state index contributed by atoms with van der Waals surface area (Å²) in [6.07, 6.45) is -0.788. The third-order valence-corrected chi connectivity index (χ3v) is 5.30. The number of nitrogens with zero attached hydrogens (tertiary/aromatic N) is 2. The maximum Gasteiger partial charge on any atom is 0.425 e. The smallest absolute Gasteiger partial charge is 0.425 e. The molecular weight excluding hydrogens is 356 g/mol. The van der Waals surface area contributed by atoms with Crippen LogP contribution in [0.4, 0.5) is 4.79 Å². The van der Waals surface area contributed by atoms with Gasteiger partial charge in [0, 0.05) is 18.6 Å². The lowest BCUT2D eigenvalue weighted by atomic mass is 10.2. The van der Waals surface area contributed by atoms with Crippen molar-refractivity contribution in [1.29, 1.82) is 0 Å². The van der Waals surface area contributed by atoms with Gasteiger partial charge in [0.25, 0.3) is 10.0 Å². The summed E-state index contributed by atoms with van der Waals surface area (Å²) in [5, 5.41) is 10.4. The average molecular weight is 379 g/mol. The van der Waals surface area contributed by atoms with Crippen LogP contribution in [0.2, 0.25) is 5.02 Å². The molecule has 0 saturated heterocycles. The molecule has 0 fully saturated rings.